The van der Waals surface area contributed by atoms with Crippen molar-refractivity contribution in [1.29, 1.82) is 0 Å². The third-order valence-electron chi connectivity index (χ3n) is 6.65. The maximum absolute atomic E-state index is 6.67. The zero-order valence-electron chi connectivity index (χ0n) is 22.1. The number of nitrogens with one attached hydrogen (secondary N) is 2. The molecule has 0 unspecified atom stereocenters. The van der Waals surface area contributed by atoms with Crippen molar-refractivity contribution < 1.29 is 0 Å². The second kappa shape index (κ2) is 11.0. The Morgan fingerprint density at radius 3 is 2.28 bits per heavy atom. The lowest BCUT2D eigenvalue weighted by molar-refractivity contribution is 0.806. The minimum atomic E-state index is 0.676. The number of aromatic nitrogens is 1. The van der Waals surface area contributed by atoms with Gasteiger partial charge in [-0.2, -0.15) is 0 Å². The summed E-state index contributed by atoms with van der Waals surface area (Å²) < 4.78 is 0. The first-order valence-electron chi connectivity index (χ1n) is 12.6. The molecule has 5 rings (SSSR count). The van der Waals surface area contributed by atoms with E-state index in [-0.39, 0.29) is 0 Å². The van der Waals surface area contributed by atoms with E-state index in [0.717, 1.165) is 62.6 Å². The Kier molecular flexibility index (Phi) is 7.35. The maximum atomic E-state index is 6.67. The Bertz CT molecular complexity index is 1620. The fourth-order valence-corrected chi connectivity index (χ4v) is 4.87. The van der Waals surface area contributed by atoms with E-state index < -0.39 is 0 Å². The fourth-order valence-electron chi connectivity index (χ4n) is 4.52. The third kappa shape index (κ3) is 5.79. The van der Waals surface area contributed by atoms with Gasteiger partial charge >= 0.3 is 0 Å². The molecular weight excluding hydrogens is 502 g/mol. The van der Waals surface area contributed by atoms with Gasteiger partial charge in [-0.05, 0) is 54.5 Å². The Hall–Kier alpha value is -4.61. The predicted octanol–water partition coefficient (Wildman–Crippen LogP) is 7.66. The van der Waals surface area contributed by atoms with Crippen LogP contribution in [0.3, 0.4) is 0 Å². The molecule has 39 heavy (non-hydrogen) atoms. The van der Waals surface area contributed by atoms with Crippen molar-refractivity contribution in [1.82, 2.24) is 15.6 Å². The third-order valence-corrected chi connectivity index (χ3v) is 7.06. The second-order valence-electron chi connectivity index (χ2n) is 9.56. The molecule has 1 aliphatic heterocycles. The molecule has 3 aromatic carbocycles. The van der Waals surface area contributed by atoms with Gasteiger partial charge in [0.2, 0.25) is 0 Å². The largest absolute Gasteiger partial charge is 0.370 e. The molecule has 6 heteroatoms. The molecule has 0 spiro atoms. The molecule has 1 saturated heterocycles. The first kappa shape index (κ1) is 26.0. The van der Waals surface area contributed by atoms with E-state index in [9.17, 15) is 0 Å². The Balaban J connectivity index is 1.25. The normalized spacial score (nSPS) is 13.5. The minimum absolute atomic E-state index is 0.676. The lowest BCUT2D eigenvalue weighted by Crippen LogP contribution is -2.32. The maximum Gasteiger partial charge on any atom is 0.100 e. The molecule has 0 amide bonds. The summed E-state index contributed by atoms with van der Waals surface area (Å²) in [4.78, 5) is 11.5. The van der Waals surface area contributed by atoms with Crippen molar-refractivity contribution in [2.75, 3.05) is 11.9 Å². The van der Waals surface area contributed by atoms with Crippen LogP contribution in [0.1, 0.15) is 22.4 Å². The topological polar surface area (TPSA) is 52.5 Å². The molecule has 0 bridgehead atoms. The summed E-state index contributed by atoms with van der Waals surface area (Å²) in [5.74, 6) is 0.681. The van der Waals surface area contributed by atoms with Gasteiger partial charge in [0.05, 0.1) is 16.2 Å². The van der Waals surface area contributed by atoms with Crippen LogP contribution in [0.2, 0.25) is 5.02 Å². The smallest absolute Gasteiger partial charge is 0.100 e. The van der Waals surface area contributed by atoms with E-state index in [1.807, 2.05) is 43.3 Å². The number of hydrogen-bond donors (Lipinski definition) is 2. The van der Waals surface area contributed by atoms with Gasteiger partial charge in [0.1, 0.15) is 5.82 Å². The lowest BCUT2D eigenvalue weighted by Gasteiger charge is -2.25. The summed E-state index contributed by atoms with van der Waals surface area (Å²) in [7, 11) is 2.08. The number of aryl methyl sites for hydroxylation is 1. The van der Waals surface area contributed by atoms with E-state index in [0.29, 0.717) is 10.8 Å². The fraction of sp³-hybridized carbons (Fsp3) is 0.0909. The number of rotatable bonds is 6. The molecule has 1 fully saturated rings. The molecule has 4 aromatic rings. The number of halogens is 1. The van der Waals surface area contributed by atoms with Gasteiger partial charge in [-0.15, -0.1) is 0 Å². The summed E-state index contributed by atoms with van der Waals surface area (Å²) in [6.45, 7) is 14.7. The molecule has 5 nitrogen and oxygen atoms in total. The van der Waals surface area contributed by atoms with Crippen molar-refractivity contribution in [3.63, 3.8) is 0 Å². The molecule has 194 valence electrons. The van der Waals surface area contributed by atoms with Crippen LogP contribution >= 0.6 is 11.6 Å². The average Bonchev–Trinajstić information content (AvgIpc) is 2.92. The van der Waals surface area contributed by atoms with Crippen LogP contribution < -0.4 is 15.5 Å². The minimum Gasteiger partial charge on any atom is -0.370 e. The van der Waals surface area contributed by atoms with Crippen LogP contribution in [0.4, 0.5) is 11.4 Å². The number of benzene rings is 3. The van der Waals surface area contributed by atoms with E-state index in [1.54, 1.807) is 6.21 Å². The number of anilines is 1. The quantitative estimate of drug-likeness (QED) is 0.251. The van der Waals surface area contributed by atoms with Gasteiger partial charge in [0, 0.05) is 59.1 Å². The molecule has 1 aromatic heterocycles. The lowest BCUT2D eigenvalue weighted by atomic mass is 10.0. The van der Waals surface area contributed by atoms with Gasteiger partial charge in [0.15, 0.2) is 0 Å². The number of nitrogens with zero attached hydrogens (tertiary/aromatic N) is 3. The standard InChI is InChI=1S/C33H30ClN5/c1-21-30(22(2)37-24(4)36-21)18-25-12-16-28(17-13-25)39(5)20-26-10-14-27(15-11-26)35-19-31-23(3)38-32-9-7-6-8-29(32)33(31)34/h6-19,36-37H,1-2,4,20H2,3,5H3. The molecule has 0 aliphatic carbocycles. The zero-order valence-corrected chi connectivity index (χ0v) is 22.9. The number of hydrogen-bond acceptors (Lipinski definition) is 5. The van der Waals surface area contributed by atoms with Crippen LogP contribution in [0.25, 0.3) is 17.0 Å². The van der Waals surface area contributed by atoms with Crippen molar-refractivity contribution in [3.8, 4) is 0 Å². The van der Waals surface area contributed by atoms with Crippen LogP contribution in [0.15, 0.2) is 120 Å². The van der Waals surface area contributed by atoms with Crippen LogP contribution in [-0.2, 0) is 6.54 Å². The monoisotopic (exact) mass is 531 g/mol. The molecular formula is C33H30ClN5. The van der Waals surface area contributed by atoms with Gasteiger partial charge in [-0.1, -0.05) is 73.8 Å². The van der Waals surface area contributed by atoms with E-state index in [1.165, 1.54) is 5.56 Å². The van der Waals surface area contributed by atoms with Crippen molar-refractivity contribution >= 4 is 46.2 Å². The predicted molar refractivity (Wildman–Crippen MR) is 165 cm³/mol. The first-order chi connectivity index (χ1) is 18.8. The van der Waals surface area contributed by atoms with Crippen molar-refractivity contribution in [2.45, 2.75) is 13.5 Å². The Morgan fingerprint density at radius 1 is 0.923 bits per heavy atom. The van der Waals surface area contributed by atoms with Crippen molar-refractivity contribution in [2.24, 2.45) is 4.99 Å². The average molecular weight is 532 g/mol. The van der Waals surface area contributed by atoms with Gasteiger partial charge in [-0.25, -0.2) is 0 Å². The number of fused-ring (bicyclic) bond motifs is 1. The van der Waals surface area contributed by atoms with E-state index in [2.05, 4.69) is 94.8 Å². The molecule has 2 N–H and O–H groups in total. The Morgan fingerprint density at radius 2 is 1.59 bits per heavy atom. The highest BCUT2D eigenvalue weighted by Gasteiger charge is 2.15. The summed E-state index contributed by atoms with van der Waals surface area (Å²) in [5, 5.41) is 7.83. The van der Waals surface area contributed by atoms with Crippen LogP contribution in [-0.4, -0.2) is 18.2 Å². The molecule has 0 atom stereocenters. The van der Waals surface area contributed by atoms with Crippen LogP contribution in [0.5, 0.6) is 0 Å². The highest BCUT2D eigenvalue weighted by atomic mass is 35.5. The van der Waals surface area contributed by atoms with Gasteiger partial charge in [-0.3, -0.25) is 9.98 Å². The number of aliphatic imine (C=N–C) groups is 1. The van der Waals surface area contributed by atoms with Gasteiger partial charge < -0.3 is 15.5 Å². The first-order valence-corrected chi connectivity index (χ1v) is 13.0. The van der Waals surface area contributed by atoms with Crippen LogP contribution in [0, 0.1) is 6.92 Å². The second-order valence-corrected chi connectivity index (χ2v) is 9.94. The van der Waals surface area contributed by atoms with Gasteiger partial charge in [0.25, 0.3) is 0 Å². The summed E-state index contributed by atoms with van der Waals surface area (Å²) in [6.07, 6.45) is 3.86. The highest BCUT2D eigenvalue weighted by molar-refractivity contribution is 6.38. The van der Waals surface area contributed by atoms with Crippen molar-refractivity contribution in [3.05, 3.63) is 143 Å². The molecule has 1 aliphatic rings. The molecule has 0 saturated carbocycles. The summed E-state index contributed by atoms with van der Waals surface area (Å²) in [5.41, 5.74) is 9.33. The molecule has 2 heterocycles. The highest BCUT2D eigenvalue weighted by Crippen LogP contribution is 2.28. The van der Waals surface area contributed by atoms with E-state index in [4.69, 9.17) is 11.6 Å². The Labute approximate surface area is 234 Å². The zero-order chi connectivity index (χ0) is 27.5. The molecule has 0 radical (unpaired) electrons. The van der Waals surface area contributed by atoms with E-state index >= 15 is 0 Å². The summed E-state index contributed by atoms with van der Waals surface area (Å²) >= 11 is 6.67. The number of para-hydroxylation sites is 1. The number of pyridine rings is 1. The summed E-state index contributed by atoms with van der Waals surface area (Å²) in [6, 6.07) is 24.5. The SMILES string of the molecule is C=C1NC(=C)C(=Cc2ccc(N(C)Cc3ccc(N=Cc4c(C)nc5ccccc5c4Cl)cc3)cc2)C(=C)N1.